The zero-order valence-corrected chi connectivity index (χ0v) is 19.0. The van der Waals surface area contributed by atoms with Gasteiger partial charge in [-0.3, -0.25) is 9.38 Å². The van der Waals surface area contributed by atoms with Crippen molar-refractivity contribution in [1.29, 1.82) is 0 Å². The average molecular weight is 408 g/mol. The zero-order chi connectivity index (χ0) is 21.7. The van der Waals surface area contributed by atoms with Crippen molar-refractivity contribution in [1.82, 2.24) is 14.4 Å². The number of aromatic nitrogens is 3. The summed E-state index contributed by atoms with van der Waals surface area (Å²) in [5.41, 5.74) is 11.1. The third-order valence-electron chi connectivity index (χ3n) is 6.66. The van der Waals surface area contributed by atoms with Crippen LogP contribution in [-0.2, 0) is 6.42 Å². The Morgan fingerprint density at radius 1 is 0.935 bits per heavy atom. The average Bonchev–Trinajstić information content (AvgIpc) is 3.23. The van der Waals surface area contributed by atoms with Gasteiger partial charge in [0.25, 0.3) is 0 Å². The van der Waals surface area contributed by atoms with E-state index in [1.807, 2.05) is 18.5 Å². The van der Waals surface area contributed by atoms with Crippen LogP contribution in [0.1, 0.15) is 42.5 Å². The number of pyridine rings is 2. The predicted octanol–water partition coefficient (Wildman–Crippen LogP) is 7.22. The summed E-state index contributed by atoms with van der Waals surface area (Å²) in [7, 11) is 0. The van der Waals surface area contributed by atoms with Crippen molar-refractivity contribution < 1.29 is 0 Å². The van der Waals surface area contributed by atoms with E-state index in [0.717, 1.165) is 28.5 Å². The summed E-state index contributed by atoms with van der Waals surface area (Å²) in [6.45, 7) is 11.3. The Hall–Kier alpha value is -3.20. The van der Waals surface area contributed by atoms with Crippen LogP contribution in [0.3, 0.4) is 0 Å². The minimum absolute atomic E-state index is 0.711. The molecule has 3 heteroatoms. The van der Waals surface area contributed by atoms with Crippen LogP contribution in [0.25, 0.3) is 38.6 Å². The second kappa shape index (κ2) is 7.49. The third-order valence-corrected chi connectivity index (χ3v) is 6.66. The third kappa shape index (κ3) is 3.20. The van der Waals surface area contributed by atoms with Gasteiger partial charge < -0.3 is 0 Å². The molecule has 0 radical (unpaired) electrons. The molecule has 0 bridgehead atoms. The molecule has 2 aromatic carbocycles. The summed E-state index contributed by atoms with van der Waals surface area (Å²) in [6.07, 6.45) is 8.17. The van der Waals surface area contributed by atoms with Crippen molar-refractivity contribution in [2.75, 3.05) is 0 Å². The smallest absolute Gasteiger partial charge is 0.146 e. The lowest BCUT2D eigenvalue weighted by Crippen LogP contribution is -2.01. The molecule has 0 aliphatic rings. The van der Waals surface area contributed by atoms with Crippen LogP contribution in [0, 0.1) is 26.7 Å². The van der Waals surface area contributed by atoms with E-state index in [2.05, 4.69) is 80.5 Å². The predicted molar refractivity (Wildman–Crippen MR) is 131 cm³/mol. The van der Waals surface area contributed by atoms with Gasteiger partial charge in [-0.05, 0) is 84.7 Å². The summed E-state index contributed by atoms with van der Waals surface area (Å²) in [6, 6.07) is 13.5. The number of hydrogen-bond donors (Lipinski definition) is 0. The number of aryl methyl sites for hydroxylation is 3. The molecule has 3 heterocycles. The van der Waals surface area contributed by atoms with E-state index in [-0.39, 0.29) is 0 Å². The Morgan fingerprint density at radius 3 is 2.45 bits per heavy atom. The van der Waals surface area contributed by atoms with Crippen LogP contribution < -0.4 is 0 Å². The van der Waals surface area contributed by atoms with Crippen LogP contribution >= 0.6 is 0 Å². The van der Waals surface area contributed by atoms with E-state index in [4.69, 9.17) is 4.98 Å². The molecule has 156 valence electrons. The Bertz CT molecular complexity index is 1420. The van der Waals surface area contributed by atoms with E-state index in [9.17, 15) is 0 Å². The number of hydrogen-bond acceptors (Lipinski definition) is 2. The topological polar surface area (TPSA) is 30.2 Å². The van der Waals surface area contributed by atoms with Crippen molar-refractivity contribution in [3.8, 4) is 11.1 Å². The summed E-state index contributed by atoms with van der Waals surface area (Å²) in [5.74, 6) is 0.711. The fourth-order valence-corrected chi connectivity index (χ4v) is 5.07. The molecule has 0 N–H and O–H groups in total. The highest BCUT2D eigenvalue weighted by Crippen LogP contribution is 2.36. The van der Waals surface area contributed by atoms with Crippen LogP contribution in [0.2, 0.25) is 0 Å². The lowest BCUT2D eigenvalue weighted by molar-refractivity contribution is 0.560. The molecule has 31 heavy (non-hydrogen) atoms. The van der Waals surface area contributed by atoms with E-state index in [1.165, 1.54) is 45.2 Å². The van der Waals surface area contributed by atoms with Gasteiger partial charge in [0.05, 0.1) is 11.0 Å². The number of nitrogens with zero attached hydrogens (tertiary/aromatic N) is 3. The number of rotatable bonds is 4. The minimum atomic E-state index is 0.711. The fourth-order valence-electron chi connectivity index (χ4n) is 5.07. The molecule has 0 fully saturated rings. The lowest BCUT2D eigenvalue weighted by atomic mass is 9.89. The Morgan fingerprint density at radius 2 is 1.71 bits per heavy atom. The van der Waals surface area contributed by atoms with Gasteiger partial charge in [0.1, 0.15) is 5.65 Å². The maximum absolute atomic E-state index is 4.73. The molecule has 0 saturated heterocycles. The zero-order valence-electron chi connectivity index (χ0n) is 19.0. The van der Waals surface area contributed by atoms with Crippen LogP contribution in [0.5, 0.6) is 0 Å². The van der Waals surface area contributed by atoms with Crippen LogP contribution in [-0.4, -0.2) is 14.4 Å². The van der Waals surface area contributed by atoms with Crippen LogP contribution in [0.15, 0.2) is 55.0 Å². The van der Waals surface area contributed by atoms with Gasteiger partial charge in [-0.1, -0.05) is 38.5 Å². The molecule has 1 atom stereocenters. The quantitative estimate of drug-likeness (QED) is 0.294. The van der Waals surface area contributed by atoms with Gasteiger partial charge in [-0.2, -0.15) is 0 Å². The highest BCUT2D eigenvalue weighted by molar-refractivity contribution is 6.11. The molecule has 0 aliphatic carbocycles. The van der Waals surface area contributed by atoms with Crippen molar-refractivity contribution >= 4 is 27.5 Å². The standard InChI is InChI=1S/C28H29N3/c1-6-17(2)12-21-13-18(3)25(19(4)14-21)22-15-20(5)26-24(16-22)31-11-10-30-28(31)23-8-7-9-29-27(23)26/h7-11,13-17H,6,12H2,1-5H3. The second-order valence-electron chi connectivity index (χ2n) is 9.03. The second-order valence-corrected chi connectivity index (χ2v) is 9.03. The first kappa shape index (κ1) is 19.7. The first-order chi connectivity index (χ1) is 15.0. The van der Waals surface area contributed by atoms with E-state index < -0.39 is 0 Å². The largest absolute Gasteiger partial charge is 0.299 e. The fraction of sp³-hybridized carbons (Fsp3) is 0.286. The summed E-state index contributed by atoms with van der Waals surface area (Å²) < 4.78 is 2.21. The van der Waals surface area contributed by atoms with E-state index in [0.29, 0.717) is 5.92 Å². The Balaban J connectivity index is 1.77. The van der Waals surface area contributed by atoms with Gasteiger partial charge in [0.15, 0.2) is 0 Å². The van der Waals surface area contributed by atoms with Crippen molar-refractivity contribution in [3.05, 3.63) is 77.2 Å². The molecule has 5 aromatic rings. The molecule has 5 rings (SSSR count). The van der Waals surface area contributed by atoms with Crippen molar-refractivity contribution in [2.24, 2.45) is 5.92 Å². The maximum atomic E-state index is 4.73. The highest BCUT2D eigenvalue weighted by atomic mass is 15.0. The van der Waals surface area contributed by atoms with Gasteiger partial charge in [-0.25, -0.2) is 4.98 Å². The lowest BCUT2D eigenvalue weighted by Gasteiger charge is -2.17. The molecule has 3 aromatic heterocycles. The number of benzene rings is 2. The van der Waals surface area contributed by atoms with Crippen molar-refractivity contribution in [3.63, 3.8) is 0 Å². The molecule has 0 amide bonds. The van der Waals surface area contributed by atoms with E-state index in [1.54, 1.807) is 0 Å². The monoisotopic (exact) mass is 407 g/mol. The Kier molecular flexibility index (Phi) is 4.77. The first-order valence-electron chi connectivity index (χ1n) is 11.2. The Labute approximate surface area is 183 Å². The molecule has 0 saturated carbocycles. The number of imidazole rings is 1. The minimum Gasteiger partial charge on any atom is -0.299 e. The van der Waals surface area contributed by atoms with Crippen molar-refractivity contribution in [2.45, 2.75) is 47.5 Å². The SMILES string of the molecule is CCC(C)Cc1cc(C)c(-c2cc(C)c3c4ncccc4c4nccn4c3c2)c(C)c1. The first-order valence-corrected chi connectivity index (χ1v) is 11.2. The van der Waals surface area contributed by atoms with Gasteiger partial charge in [-0.15, -0.1) is 0 Å². The van der Waals surface area contributed by atoms with Crippen LogP contribution in [0.4, 0.5) is 0 Å². The summed E-state index contributed by atoms with van der Waals surface area (Å²) >= 11 is 0. The van der Waals surface area contributed by atoms with Gasteiger partial charge >= 0.3 is 0 Å². The highest BCUT2D eigenvalue weighted by Gasteiger charge is 2.16. The molecular weight excluding hydrogens is 378 g/mol. The summed E-state index contributed by atoms with van der Waals surface area (Å²) in [5, 5.41) is 2.30. The molecular formula is C28H29N3. The normalized spacial score (nSPS) is 12.8. The molecule has 0 spiro atoms. The summed E-state index contributed by atoms with van der Waals surface area (Å²) in [4.78, 5) is 9.37. The van der Waals surface area contributed by atoms with E-state index >= 15 is 0 Å². The molecule has 1 unspecified atom stereocenters. The molecule has 0 aliphatic heterocycles. The molecule has 3 nitrogen and oxygen atoms in total. The van der Waals surface area contributed by atoms with Gasteiger partial charge in [0, 0.05) is 29.4 Å². The van der Waals surface area contributed by atoms with Gasteiger partial charge in [0.2, 0.25) is 0 Å². The number of fused-ring (bicyclic) bond motifs is 6. The maximum Gasteiger partial charge on any atom is 0.146 e.